The van der Waals surface area contributed by atoms with Gasteiger partial charge in [-0.05, 0) is 24.1 Å². The van der Waals surface area contributed by atoms with Crippen molar-refractivity contribution in [2.45, 2.75) is 6.42 Å². The summed E-state index contributed by atoms with van der Waals surface area (Å²) in [6.07, 6.45) is 0.698. The maximum atomic E-state index is 11.0. The molecule has 15 heavy (non-hydrogen) atoms. The van der Waals surface area contributed by atoms with Gasteiger partial charge in [0.15, 0.2) is 0 Å². The number of benzene rings is 1. The molecule has 0 spiro atoms. The number of carbonyl (C=O) groups is 1. The largest absolute Gasteiger partial charge is 0.508 e. The zero-order valence-corrected chi connectivity index (χ0v) is 8.69. The summed E-state index contributed by atoms with van der Waals surface area (Å²) in [6, 6.07) is 6.99. The van der Waals surface area contributed by atoms with Crippen LogP contribution in [0, 0.1) is 0 Å². The summed E-state index contributed by atoms with van der Waals surface area (Å²) in [5.41, 5.74) is 0.993. The fourth-order valence-electron chi connectivity index (χ4n) is 1.24. The van der Waals surface area contributed by atoms with Gasteiger partial charge in [-0.25, -0.2) is 0 Å². The molecule has 4 nitrogen and oxygen atoms in total. The van der Waals surface area contributed by atoms with Crippen LogP contribution in [0.3, 0.4) is 0 Å². The number of aromatic hydroxyl groups is 1. The molecule has 0 fully saturated rings. The van der Waals surface area contributed by atoms with E-state index in [-0.39, 0.29) is 18.3 Å². The molecule has 1 aromatic carbocycles. The first kappa shape index (κ1) is 11.5. The Hall–Kier alpha value is -1.55. The molecule has 0 aliphatic carbocycles. The van der Waals surface area contributed by atoms with Gasteiger partial charge in [-0.3, -0.25) is 4.79 Å². The van der Waals surface area contributed by atoms with Crippen molar-refractivity contribution in [3.8, 4) is 5.75 Å². The number of ether oxygens (including phenoxy) is 1. The normalized spacial score (nSPS) is 9.93. The lowest BCUT2D eigenvalue weighted by atomic mass is 10.1. The van der Waals surface area contributed by atoms with E-state index in [4.69, 9.17) is 0 Å². The second kappa shape index (κ2) is 6.03. The van der Waals surface area contributed by atoms with Crippen LogP contribution in [-0.4, -0.2) is 31.3 Å². The number of phenolic OH excluding ortho intramolecular Hbond substituents is 1. The molecule has 0 aliphatic rings. The molecule has 0 aromatic heterocycles. The topological polar surface area (TPSA) is 58.6 Å². The van der Waals surface area contributed by atoms with Crippen LogP contribution in [0.15, 0.2) is 24.3 Å². The smallest absolute Gasteiger partial charge is 0.245 e. The number of phenols is 1. The molecule has 82 valence electrons. The third-order valence-electron chi connectivity index (χ3n) is 1.92. The minimum Gasteiger partial charge on any atom is -0.508 e. The molecule has 0 unspecified atom stereocenters. The van der Waals surface area contributed by atoms with Gasteiger partial charge < -0.3 is 15.2 Å². The first-order valence-electron chi connectivity index (χ1n) is 4.76. The second-order valence-corrected chi connectivity index (χ2v) is 3.20. The number of hydrogen-bond donors (Lipinski definition) is 2. The van der Waals surface area contributed by atoms with Gasteiger partial charge >= 0.3 is 0 Å². The molecule has 0 heterocycles. The van der Waals surface area contributed by atoms with Gasteiger partial charge in [0.25, 0.3) is 0 Å². The van der Waals surface area contributed by atoms with E-state index in [1.807, 2.05) is 6.07 Å². The van der Waals surface area contributed by atoms with Gasteiger partial charge in [0.1, 0.15) is 12.4 Å². The van der Waals surface area contributed by atoms with Crippen molar-refractivity contribution in [2.24, 2.45) is 0 Å². The Bertz CT molecular complexity index is 325. The van der Waals surface area contributed by atoms with Crippen LogP contribution >= 0.6 is 0 Å². The number of rotatable bonds is 5. The molecule has 0 atom stereocenters. The number of nitrogens with one attached hydrogen (secondary N) is 1. The highest BCUT2D eigenvalue weighted by Gasteiger charge is 1.99. The van der Waals surface area contributed by atoms with E-state index < -0.39 is 0 Å². The Morgan fingerprint density at radius 1 is 1.53 bits per heavy atom. The van der Waals surface area contributed by atoms with Gasteiger partial charge in [-0.1, -0.05) is 12.1 Å². The third kappa shape index (κ3) is 4.46. The molecule has 1 rings (SSSR count). The van der Waals surface area contributed by atoms with E-state index in [9.17, 15) is 9.90 Å². The molecule has 1 amide bonds. The number of carbonyl (C=O) groups excluding carboxylic acids is 1. The minimum absolute atomic E-state index is 0.0834. The van der Waals surface area contributed by atoms with E-state index in [0.717, 1.165) is 5.56 Å². The Balaban J connectivity index is 2.28. The summed E-state index contributed by atoms with van der Waals surface area (Å²) >= 11 is 0. The summed E-state index contributed by atoms with van der Waals surface area (Å²) in [4.78, 5) is 11.0. The Kier molecular flexibility index (Phi) is 4.63. The van der Waals surface area contributed by atoms with E-state index >= 15 is 0 Å². The second-order valence-electron chi connectivity index (χ2n) is 3.20. The van der Waals surface area contributed by atoms with Crippen LogP contribution in [0.2, 0.25) is 0 Å². The first-order valence-corrected chi connectivity index (χ1v) is 4.76. The van der Waals surface area contributed by atoms with Gasteiger partial charge in [-0.15, -0.1) is 0 Å². The highest BCUT2D eigenvalue weighted by atomic mass is 16.5. The lowest BCUT2D eigenvalue weighted by Crippen LogP contribution is -2.28. The summed E-state index contributed by atoms with van der Waals surface area (Å²) in [7, 11) is 1.48. The quantitative estimate of drug-likeness (QED) is 0.750. The molecular weight excluding hydrogens is 194 g/mol. The summed E-state index contributed by atoms with van der Waals surface area (Å²) in [5.74, 6) is 0.119. The average molecular weight is 209 g/mol. The third-order valence-corrected chi connectivity index (χ3v) is 1.92. The zero-order valence-electron chi connectivity index (χ0n) is 8.69. The lowest BCUT2D eigenvalue weighted by molar-refractivity contribution is -0.124. The highest BCUT2D eigenvalue weighted by molar-refractivity contribution is 5.77. The van der Waals surface area contributed by atoms with Crippen LogP contribution in [0.25, 0.3) is 0 Å². The van der Waals surface area contributed by atoms with Crippen molar-refractivity contribution in [3.05, 3.63) is 29.8 Å². The Morgan fingerprint density at radius 2 is 2.33 bits per heavy atom. The summed E-state index contributed by atoms with van der Waals surface area (Å²) in [6.45, 7) is 0.631. The maximum absolute atomic E-state index is 11.0. The minimum atomic E-state index is -0.127. The van der Waals surface area contributed by atoms with Gasteiger partial charge in [-0.2, -0.15) is 0 Å². The fraction of sp³-hybridized carbons (Fsp3) is 0.364. The van der Waals surface area contributed by atoms with Crippen LogP contribution in [0.5, 0.6) is 5.75 Å². The predicted molar refractivity (Wildman–Crippen MR) is 56.7 cm³/mol. The van der Waals surface area contributed by atoms with Crippen LogP contribution < -0.4 is 5.32 Å². The van der Waals surface area contributed by atoms with Crippen molar-refractivity contribution in [1.29, 1.82) is 0 Å². The first-order chi connectivity index (χ1) is 7.22. The van der Waals surface area contributed by atoms with Crippen molar-refractivity contribution in [3.63, 3.8) is 0 Å². The van der Waals surface area contributed by atoms with Crippen molar-refractivity contribution in [2.75, 3.05) is 20.3 Å². The molecule has 0 saturated heterocycles. The van der Waals surface area contributed by atoms with Gasteiger partial charge in [0.2, 0.25) is 5.91 Å². The molecular formula is C11H15NO3. The monoisotopic (exact) mass is 209 g/mol. The Labute approximate surface area is 88.9 Å². The van der Waals surface area contributed by atoms with E-state index in [1.165, 1.54) is 7.11 Å². The standard InChI is InChI=1S/C11H15NO3/c1-15-8-11(14)12-6-5-9-3-2-4-10(13)7-9/h2-4,7,13H,5-6,8H2,1H3,(H,12,14). The van der Waals surface area contributed by atoms with Crippen molar-refractivity contribution in [1.82, 2.24) is 5.32 Å². The molecule has 4 heteroatoms. The Morgan fingerprint density at radius 3 is 3.00 bits per heavy atom. The summed E-state index contributed by atoms with van der Waals surface area (Å²) in [5, 5.41) is 11.9. The zero-order chi connectivity index (χ0) is 11.1. The van der Waals surface area contributed by atoms with Gasteiger partial charge in [0, 0.05) is 13.7 Å². The molecule has 0 radical (unpaired) electrons. The summed E-state index contributed by atoms with van der Waals surface area (Å²) < 4.78 is 4.67. The number of amides is 1. The maximum Gasteiger partial charge on any atom is 0.245 e. The number of hydrogen-bond acceptors (Lipinski definition) is 3. The molecule has 0 saturated carbocycles. The predicted octanol–water partition coefficient (Wildman–Crippen LogP) is 0.697. The van der Waals surface area contributed by atoms with Crippen LogP contribution in [0.1, 0.15) is 5.56 Å². The fourth-order valence-corrected chi connectivity index (χ4v) is 1.24. The van der Waals surface area contributed by atoms with E-state index in [2.05, 4.69) is 10.1 Å². The molecule has 2 N–H and O–H groups in total. The SMILES string of the molecule is COCC(=O)NCCc1cccc(O)c1. The van der Waals surface area contributed by atoms with E-state index in [1.54, 1.807) is 18.2 Å². The van der Waals surface area contributed by atoms with Crippen LogP contribution in [0.4, 0.5) is 0 Å². The molecule has 0 bridgehead atoms. The van der Waals surface area contributed by atoms with E-state index in [0.29, 0.717) is 13.0 Å². The molecule has 1 aromatic rings. The van der Waals surface area contributed by atoms with Crippen molar-refractivity contribution >= 4 is 5.91 Å². The van der Waals surface area contributed by atoms with Crippen molar-refractivity contribution < 1.29 is 14.6 Å². The highest BCUT2D eigenvalue weighted by Crippen LogP contribution is 2.10. The lowest BCUT2D eigenvalue weighted by Gasteiger charge is -2.04. The molecule has 0 aliphatic heterocycles. The van der Waals surface area contributed by atoms with Crippen LogP contribution in [-0.2, 0) is 16.0 Å². The number of methoxy groups -OCH3 is 1. The average Bonchev–Trinajstić information content (AvgIpc) is 2.18. The van der Waals surface area contributed by atoms with Gasteiger partial charge in [0.05, 0.1) is 0 Å².